The molecule has 0 bridgehead atoms. The number of hydrogen-bond acceptors (Lipinski definition) is 4. The largest absolute Gasteiger partial charge is 0.310 e. The summed E-state index contributed by atoms with van der Waals surface area (Å²) in [5, 5.41) is 0. The summed E-state index contributed by atoms with van der Waals surface area (Å²) in [6, 6.07) is 19.0. The van der Waals surface area contributed by atoms with E-state index in [1.807, 2.05) is 0 Å². The van der Waals surface area contributed by atoms with Gasteiger partial charge in [-0.1, -0.05) is 62.9 Å². The predicted octanol–water partition coefficient (Wildman–Crippen LogP) is 6.78. The van der Waals surface area contributed by atoms with E-state index < -0.39 is 0 Å². The Morgan fingerprint density at radius 1 is 0.917 bits per heavy atom. The molecule has 0 fully saturated rings. The van der Waals surface area contributed by atoms with E-state index in [0.29, 0.717) is 0 Å². The predicted molar refractivity (Wildman–Crippen MR) is 108 cm³/mol. The van der Waals surface area contributed by atoms with Crippen LogP contribution in [0, 0.1) is 0 Å². The van der Waals surface area contributed by atoms with Gasteiger partial charge in [0.25, 0.3) is 0 Å². The molecule has 0 radical (unpaired) electrons. The Labute approximate surface area is 153 Å². The Balaban J connectivity index is 1.69. The van der Waals surface area contributed by atoms with Crippen molar-refractivity contribution >= 4 is 39.2 Å². The molecule has 0 saturated heterocycles. The van der Waals surface area contributed by atoms with Gasteiger partial charge in [-0.2, -0.15) is 0 Å². The summed E-state index contributed by atoms with van der Waals surface area (Å²) < 4.78 is 4.77. The van der Waals surface area contributed by atoms with E-state index in [0.717, 1.165) is 16.4 Å². The Morgan fingerprint density at radius 2 is 1.67 bits per heavy atom. The van der Waals surface area contributed by atoms with Gasteiger partial charge in [0.2, 0.25) is 0 Å². The zero-order valence-corrected chi connectivity index (χ0v) is 15.8. The number of thiazole rings is 1. The molecule has 0 aliphatic rings. The van der Waals surface area contributed by atoms with Crippen LogP contribution in [0.1, 0.15) is 39.0 Å². The molecule has 126 valence electrons. The lowest BCUT2D eigenvalue weighted by molar-refractivity contribution is 0.639. The molecule has 0 amide bonds. The quantitative estimate of drug-likeness (QED) is 0.310. The van der Waals surface area contributed by atoms with E-state index in [2.05, 4.69) is 65.8 Å². The minimum absolute atomic E-state index is 1.06. The average molecular weight is 357 g/mol. The number of rotatable bonds is 9. The summed E-state index contributed by atoms with van der Waals surface area (Å²) in [6.45, 7) is 3.33. The molecule has 3 aromatic rings. The van der Waals surface area contributed by atoms with Crippen molar-refractivity contribution in [1.82, 2.24) is 4.98 Å². The summed E-state index contributed by atoms with van der Waals surface area (Å²) >= 11 is 3.55. The maximum absolute atomic E-state index is 4.78. The summed E-state index contributed by atoms with van der Waals surface area (Å²) in [6.07, 6.45) is 6.51. The van der Waals surface area contributed by atoms with Crippen LogP contribution in [0.4, 0.5) is 5.69 Å². The normalized spacial score (nSPS) is 11.0. The summed E-state index contributed by atoms with van der Waals surface area (Å²) in [5.41, 5.74) is 2.36. The molecule has 24 heavy (non-hydrogen) atoms. The van der Waals surface area contributed by atoms with Gasteiger partial charge in [0.15, 0.2) is 4.34 Å². The monoisotopic (exact) mass is 356 g/mol. The Bertz CT molecular complexity index is 706. The molecule has 1 aromatic heterocycles. The lowest BCUT2D eigenvalue weighted by atomic mass is 10.1. The van der Waals surface area contributed by atoms with Crippen LogP contribution in [0.5, 0.6) is 0 Å². The van der Waals surface area contributed by atoms with Crippen molar-refractivity contribution in [2.75, 3.05) is 10.8 Å². The van der Waals surface area contributed by atoms with E-state index in [4.69, 9.17) is 4.98 Å². The topological polar surface area (TPSA) is 16.1 Å². The number of hydrogen-bond donors (Lipinski definition) is 0. The van der Waals surface area contributed by atoms with Gasteiger partial charge >= 0.3 is 0 Å². The molecular weight excluding hydrogens is 332 g/mol. The first-order valence-electron chi connectivity index (χ1n) is 8.73. The van der Waals surface area contributed by atoms with Crippen molar-refractivity contribution in [3.8, 4) is 0 Å². The molecule has 0 aliphatic heterocycles. The molecule has 2 nitrogen and oxygen atoms in total. The number of anilines is 1. The highest BCUT2D eigenvalue weighted by molar-refractivity contribution is 8.02. The van der Waals surface area contributed by atoms with Crippen molar-refractivity contribution in [1.29, 1.82) is 0 Å². The number of para-hydroxylation sites is 2. The molecule has 1 heterocycles. The maximum atomic E-state index is 4.78. The van der Waals surface area contributed by atoms with Gasteiger partial charge in [0, 0.05) is 24.2 Å². The third-order valence-electron chi connectivity index (χ3n) is 3.97. The number of benzene rings is 2. The van der Waals surface area contributed by atoms with Crippen LogP contribution in [0.25, 0.3) is 10.2 Å². The summed E-state index contributed by atoms with van der Waals surface area (Å²) in [4.78, 5) is 4.78. The van der Waals surface area contributed by atoms with Crippen LogP contribution in [0.15, 0.2) is 58.9 Å². The fourth-order valence-corrected chi connectivity index (χ4v) is 4.83. The van der Waals surface area contributed by atoms with E-state index in [-0.39, 0.29) is 0 Å². The van der Waals surface area contributed by atoms with Crippen molar-refractivity contribution < 1.29 is 0 Å². The molecule has 0 N–H and O–H groups in total. The van der Waals surface area contributed by atoms with Crippen LogP contribution in [0.2, 0.25) is 0 Å². The van der Waals surface area contributed by atoms with E-state index in [1.54, 1.807) is 23.3 Å². The van der Waals surface area contributed by atoms with Gasteiger partial charge in [0.1, 0.15) is 0 Å². The van der Waals surface area contributed by atoms with Crippen LogP contribution in [0.3, 0.4) is 0 Å². The van der Waals surface area contributed by atoms with E-state index in [9.17, 15) is 0 Å². The lowest BCUT2D eigenvalue weighted by Crippen LogP contribution is -2.15. The summed E-state index contributed by atoms with van der Waals surface area (Å²) in [7, 11) is 0. The molecule has 2 aromatic carbocycles. The maximum Gasteiger partial charge on any atom is 0.171 e. The first kappa shape index (κ1) is 17.3. The molecule has 4 heteroatoms. The highest BCUT2D eigenvalue weighted by Gasteiger charge is 2.12. The SMILES string of the molecule is CCCCCCCN(Sc1nc2ccccc2s1)c1ccccc1. The average Bonchev–Trinajstić information content (AvgIpc) is 3.04. The Morgan fingerprint density at radius 3 is 2.46 bits per heavy atom. The first-order chi connectivity index (χ1) is 11.9. The molecule has 0 unspecified atom stereocenters. The first-order valence-corrected chi connectivity index (χ1v) is 10.3. The van der Waals surface area contributed by atoms with Crippen molar-refractivity contribution in [2.24, 2.45) is 0 Å². The minimum Gasteiger partial charge on any atom is -0.310 e. The minimum atomic E-state index is 1.06. The fourth-order valence-electron chi connectivity index (χ4n) is 2.67. The van der Waals surface area contributed by atoms with Gasteiger partial charge in [-0.3, -0.25) is 0 Å². The standard InChI is InChI=1S/C20H24N2S2/c1-2-3-4-5-11-16-22(17-12-7-6-8-13-17)24-20-21-18-14-9-10-15-19(18)23-20/h6-10,12-15H,2-5,11,16H2,1H3. The zero-order valence-electron chi connectivity index (χ0n) is 14.1. The third-order valence-corrected chi connectivity index (χ3v) is 6.14. The number of fused-ring (bicyclic) bond motifs is 1. The smallest absolute Gasteiger partial charge is 0.171 e. The fraction of sp³-hybridized carbons (Fsp3) is 0.350. The van der Waals surface area contributed by atoms with E-state index >= 15 is 0 Å². The van der Waals surface area contributed by atoms with Gasteiger partial charge in [-0.25, -0.2) is 4.98 Å². The van der Waals surface area contributed by atoms with Crippen molar-refractivity contribution in [3.63, 3.8) is 0 Å². The van der Waals surface area contributed by atoms with Crippen LogP contribution in [-0.2, 0) is 0 Å². The summed E-state index contributed by atoms with van der Waals surface area (Å²) in [5.74, 6) is 0. The third kappa shape index (κ3) is 4.74. The Hall–Kier alpha value is -1.52. The second-order valence-corrected chi connectivity index (χ2v) is 8.19. The highest BCUT2D eigenvalue weighted by Crippen LogP contribution is 2.34. The molecule has 0 atom stereocenters. The molecule has 3 rings (SSSR count). The van der Waals surface area contributed by atoms with Crippen molar-refractivity contribution in [3.05, 3.63) is 54.6 Å². The lowest BCUT2D eigenvalue weighted by Gasteiger charge is -2.22. The van der Waals surface area contributed by atoms with Crippen molar-refractivity contribution in [2.45, 2.75) is 43.4 Å². The second-order valence-electron chi connectivity index (χ2n) is 5.89. The van der Waals surface area contributed by atoms with Crippen LogP contribution < -0.4 is 4.31 Å². The number of nitrogens with zero attached hydrogens (tertiary/aromatic N) is 2. The molecule has 0 aliphatic carbocycles. The Kier molecular flexibility index (Phi) is 6.56. The number of unbranched alkanes of at least 4 members (excludes halogenated alkanes) is 4. The van der Waals surface area contributed by atoms with Crippen LogP contribution in [-0.4, -0.2) is 11.5 Å². The molecule has 0 saturated carbocycles. The van der Waals surface area contributed by atoms with Gasteiger partial charge in [-0.15, -0.1) is 11.3 Å². The van der Waals surface area contributed by atoms with Crippen LogP contribution >= 0.6 is 23.3 Å². The van der Waals surface area contributed by atoms with E-state index in [1.165, 1.54) is 42.5 Å². The highest BCUT2D eigenvalue weighted by atomic mass is 32.2. The zero-order chi connectivity index (χ0) is 16.6. The van der Waals surface area contributed by atoms with Gasteiger partial charge in [0.05, 0.1) is 10.2 Å². The number of aromatic nitrogens is 1. The van der Waals surface area contributed by atoms with Gasteiger partial charge < -0.3 is 4.31 Å². The van der Waals surface area contributed by atoms with Gasteiger partial charge in [-0.05, 0) is 30.7 Å². The molecular formula is C20H24N2S2. The molecule has 0 spiro atoms. The second kappa shape index (κ2) is 9.09.